The van der Waals surface area contributed by atoms with Crippen molar-refractivity contribution in [2.75, 3.05) is 11.4 Å². The molecular formula is C27H29N3O4S. The number of rotatable bonds is 6. The monoisotopic (exact) mass is 491 g/mol. The number of carbonyl (C=O) groups excluding carboxylic acids is 2. The van der Waals surface area contributed by atoms with E-state index in [9.17, 15) is 19.7 Å². The number of anilines is 1. The number of carbonyl (C=O) groups is 2. The maximum atomic E-state index is 13.1. The van der Waals surface area contributed by atoms with Crippen LogP contribution in [0.5, 0.6) is 0 Å². The first kappa shape index (κ1) is 24.7. The fourth-order valence-corrected chi connectivity index (χ4v) is 5.59. The zero-order valence-corrected chi connectivity index (χ0v) is 21.4. The normalized spacial score (nSPS) is 18.2. The molecule has 0 aromatic heterocycles. The minimum Gasteiger partial charge on any atom is -0.362 e. The predicted octanol–water partition coefficient (Wildman–Crippen LogP) is 6.55. The first-order valence-corrected chi connectivity index (χ1v) is 12.4. The quantitative estimate of drug-likeness (QED) is 0.259. The Labute approximate surface area is 209 Å². The summed E-state index contributed by atoms with van der Waals surface area (Å²) in [6.07, 6.45) is 5.09. The lowest BCUT2D eigenvalue weighted by molar-refractivity contribution is -0.384. The van der Waals surface area contributed by atoms with Crippen molar-refractivity contribution >= 4 is 45.9 Å². The molecule has 0 unspecified atom stereocenters. The summed E-state index contributed by atoms with van der Waals surface area (Å²) in [7, 11) is 0. The van der Waals surface area contributed by atoms with Crippen LogP contribution in [0.25, 0.3) is 11.6 Å². The third-order valence-electron chi connectivity index (χ3n) is 6.43. The molecule has 2 aliphatic heterocycles. The Morgan fingerprint density at radius 1 is 1.14 bits per heavy atom. The van der Waals surface area contributed by atoms with E-state index >= 15 is 0 Å². The average molecular weight is 492 g/mol. The highest BCUT2D eigenvalue weighted by molar-refractivity contribution is 8.18. The van der Waals surface area contributed by atoms with E-state index in [0.717, 1.165) is 46.3 Å². The fraction of sp³-hybridized carbons (Fsp3) is 0.333. The van der Waals surface area contributed by atoms with Crippen molar-refractivity contribution in [1.82, 2.24) is 4.90 Å². The van der Waals surface area contributed by atoms with Gasteiger partial charge in [0, 0.05) is 29.9 Å². The van der Waals surface area contributed by atoms with E-state index in [1.54, 1.807) is 18.2 Å². The first-order valence-electron chi connectivity index (χ1n) is 11.6. The number of aryl methyl sites for hydroxylation is 1. The molecule has 35 heavy (non-hydrogen) atoms. The Bertz CT molecular complexity index is 1300. The van der Waals surface area contributed by atoms with Gasteiger partial charge < -0.3 is 4.90 Å². The van der Waals surface area contributed by atoms with Crippen molar-refractivity contribution in [2.45, 2.75) is 53.1 Å². The minimum absolute atomic E-state index is 0.00420. The van der Waals surface area contributed by atoms with Gasteiger partial charge in [0.25, 0.3) is 16.8 Å². The van der Waals surface area contributed by atoms with E-state index in [1.165, 1.54) is 23.4 Å². The topological polar surface area (TPSA) is 83.8 Å². The Morgan fingerprint density at radius 3 is 2.57 bits per heavy atom. The molecule has 7 nitrogen and oxygen atoms in total. The summed E-state index contributed by atoms with van der Waals surface area (Å²) >= 11 is 0.901. The van der Waals surface area contributed by atoms with Crippen LogP contribution in [0.3, 0.4) is 0 Å². The maximum absolute atomic E-state index is 13.1. The summed E-state index contributed by atoms with van der Waals surface area (Å²) in [6, 6.07) is 10.3. The zero-order chi connectivity index (χ0) is 25.5. The second-order valence-corrected chi connectivity index (χ2v) is 10.5. The number of nitro benzene ring substituents is 1. The van der Waals surface area contributed by atoms with Crippen LogP contribution in [0, 0.1) is 17.0 Å². The average Bonchev–Trinajstić information content (AvgIpc) is 3.05. The molecule has 8 heteroatoms. The van der Waals surface area contributed by atoms with Crippen LogP contribution in [0.1, 0.15) is 56.4 Å². The third-order valence-corrected chi connectivity index (χ3v) is 7.34. The third kappa shape index (κ3) is 4.75. The lowest BCUT2D eigenvalue weighted by Gasteiger charge is -2.43. The molecule has 2 aromatic carbocycles. The van der Waals surface area contributed by atoms with Crippen molar-refractivity contribution in [3.05, 3.63) is 79.7 Å². The number of nitrogens with zero attached hydrogens (tertiary/aromatic N) is 3. The highest BCUT2D eigenvalue weighted by Gasteiger charge is 2.36. The van der Waals surface area contributed by atoms with E-state index in [2.05, 4.69) is 50.8 Å². The number of fused-ring (bicyclic) bond motifs is 1. The molecule has 0 saturated carbocycles. The molecule has 1 fully saturated rings. The molecule has 1 saturated heterocycles. The molecule has 2 amide bonds. The second kappa shape index (κ2) is 9.34. The Hall–Kier alpha value is -3.39. The largest absolute Gasteiger partial charge is 0.362 e. The maximum Gasteiger partial charge on any atom is 0.293 e. The summed E-state index contributed by atoms with van der Waals surface area (Å²) < 4.78 is 0. The first-order chi connectivity index (χ1) is 16.5. The van der Waals surface area contributed by atoms with E-state index in [1.807, 2.05) is 6.92 Å². The summed E-state index contributed by atoms with van der Waals surface area (Å²) in [5.41, 5.74) is 5.80. The van der Waals surface area contributed by atoms with Crippen LogP contribution in [0.4, 0.5) is 16.2 Å². The van der Waals surface area contributed by atoms with Crippen molar-refractivity contribution in [2.24, 2.45) is 0 Å². The standard InChI is InChI=1S/C27H29N3O4S/c1-6-10-29-23-11-17(2)20(13-22(23)18(3)15-27(29,4)5)14-24-25(31)28(26(32)35-24)16-19-8-7-9-21(12-19)30(33)34/h7-9,11-15H,6,10,16H2,1-5H3/b24-14+. The van der Waals surface area contributed by atoms with Gasteiger partial charge in [-0.3, -0.25) is 24.6 Å². The molecule has 0 radical (unpaired) electrons. The number of amides is 2. The predicted molar refractivity (Wildman–Crippen MR) is 141 cm³/mol. The smallest absolute Gasteiger partial charge is 0.293 e. The number of imide groups is 1. The van der Waals surface area contributed by atoms with E-state index in [-0.39, 0.29) is 28.9 Å². The number of thioether (sulfide) groups is 1. The number of nitro groups is 1. The summed E-state index contributed by atoms with van der Waals surface area (Å²) in [6.45, 7) is 11.7. The van der Waals surface area contributed by atoms with Crippen LogP contribution in [-0.4, -0.2) is 33.1 Å². The number of hydrogen-bond acceptors (Lipinski definition) is 6. The molecule has 2 aliphatic rings. The molecular weight excluding hydrogens is 462 g/mol. The van der Waals surface area contributed by atoms with Gasteiger partial charge in [-0.15, -0.1) is 0 Å². The van der Waals surface area contributed by atoms with Crippen molar-refractivity contribution in [3.63, 3.8) is 0 Å². The molecule has 182 valence electrons. The molecule has 0 atom stereocenters. The molecule has 0 spiro atoms. The van der Waals surface area contributed by atoms with Crippen LogP contribution in [0.2, 0.25) is 0 Å². The zero-order valence-electron chi connectivity index (χ0n) is 20.6. The van der Waals surface area contributed by atoms with Gasteiger partial charge in [-0.25, -0.2) is 0 Å². The molecule has 0 bridgehead atoms. The fourth-order valence-electron chi connectivity index (χ4n) is 4.76. The van der Waals surface area contributed by atoms with Crippen LogP contribution in [0.15, 0.2) is 47.4 Å². The van der Waals surface area contributed by atoms with E-state index in [4.69, 9.17) is 0 Å². The molecule has 0 aliphatic carbocycles. The van der Waals surface area contributed by atoms with Gasteiger partial charge >= 0.3 is 0 Å². The number of benzene rings is 2. The van der Waals surface area contributed by atoms with Gasteiger partial charge in [-0.1, -0.05) is 25.1 Å². The Morgan fingerprint density at radius 2 is 1.89 bits per heavy atom. The number of allylic oxidation sites excluding steroid dienone is 1. The Kier molecular flexibility index (Phi) is 6.60. The summed E-state index contributed by atoms with van der Waals surface area (Å²) in [5.74, 6) is -0.385. The molecule has 0 N–H and O–H groups in total. The number of hydrogen-bond donors (Lipinski definition) is 0. The van der Waals surface area contributed by atoms with E-state index < -0.39 is 4.92 Å². The van der Waals surface area contributed by atoms with Gasteiger partial charge in [0.15, 0.2) is 0 Å². The van der Waals surface area contributed by atoms with Gasteiger partial charge in [0.1, 0.15) is 0 Å². The van der Waals surface area contributed by atoms with Crippen molar-refractivity contribution < 1.29 is 14.5 Å². The molecule has 2 heterocycles. The summed E-state index contributed by atoms with van der Waals surface area (Å²) in [4.78, 5) is 40.2. The lowest BCUT2D eigenvalue weighted by Crippen LogP contribution is -2.45. The van der Waals surface area contributed by atoms with Gasteiger partial charge in [-0.05, 0) is 86.3 Å². The Balaban J connectivity index is 1.65. The van der Waals surface area contributed by atoms with Gasteiger partial charge in [0.05, 0.1) is 21.9 Å². The SMILES string of the molecule is CCCN1c2cc(C)c(/C=C3/SC(=O)N(Cc4cccc([N+](=O)[O-])c4)C3=O)cc2C(C)=CC1(C)C. The number of non-ortho nitro benzene ring substituents is 1. The highest BCUT2D eigenvalue weighted by atomic mass is 32.2. The highest BCUT2D eigenvalue weighted by Crippen LogP contribution is 2.41. The molecule has 4 rings (SSSR count). The van der Waals surface area contributed by atoms with Crippen molar-refractivity contribution in [1.29, 1.82) is 0 Å². The minimum atomic E-state index is -0.491. The lowest BCUT2D eigenvalue weighted by atomic mass is 9.86. The van der Waals surface area contributed by atoms with Crippen LogP contribution >= 0.6 is 11.8 Å². The van der Waals surface area contributed by atoms with E-state index in [0.29, 0.717) is 10.5 Å². The van der Waals surface area contributed by atoms with Crippen LogP contribution < -0.4 is 4.90 Å². The molecule has 2 aromatic rings. The van der Waals surface area contributed by atoms with Crippen LogP contribution in [-0.2, 0) is 11.3 Å². The van der Waals surface area contributed by atoms with Gasteiger partial charge in [0.2, 0.25) is 0 Å². The summed E-state index contributed by atoms with van der Waals surface area (Å²) in [5, 5.41) is 10.7. The van der Waals surface area contributed by atoms with Gasteiger partial charge in [-0.2, -0.15) is 0 Å². The van der Waals surface area contributed by atoms with Crippen molar-refractivity contribution in [3.8, 4) is 0 Å². The second-order valence-electron chi connectivity index (χ2n) is 9.55.